The van der Waals surface area contributed by atoms with Crippen LogP contribution in [0.5, 0.6) is 0 Å². The molecule has 0 aromatic carbocycles. The summed E-state index contributed by atoms with van der Waals surface area (Å²) in [6.45, 7) is 6.00. The largest absolute Gasteiger partial charge is 0.396 e. The molecule has 0 aromatic heterocycles. The third kappa shape index (κ3) is 3.18. The van der Waals surface area contributed by atoms with Crippen molar-refractivity contribution in [3.8, 4) is 0 Å². The molecule has 1 N–H and O–H groups in total. The second kappa shape index (κ2) is 5.47. The second-order valence-electron chi connectivity index (χ2n) is 4.49. The Morgan fingerprint density at radius 2 is 1.87 bits per heavy atom. The first-order chi connectivity index (χ1) is 7.06. The van der Waals surface area contributed by atoms with Crippen molar-refractivity contribution >= 4 is 5.91 Å². The Hall–Kier alpha value is -0.610. The Bertz CT molecular complexity index is 209. The van der Waals surface area contributed by atoms with Crippen LogP contribution in [-0.4, -0.2) is 59.6 Å². The van der Waals surface area contributed by atoms with Gasteiger partial charge < -0.3 is 10.0 Å². The van der Waals surface area contributed by atoms with Crippen molar-refractivity contribution in [3.63, 3.8) is 0 Å². The highest BCUT2D eigenvalue weighted by molar-refractivity contribution is 5.76. The summed E-state index contributed by atoms with van der Waals surface area (Å²) in [6.07, 6.45) is 1.05. The van der Waals surface area contributed by atoms with E-state index in [0.29, 0.717) is 24.9 Å². The fourth-order valence-corrected chi connectivity index (χ4v) is 2.00. The molecule has 1 rings (SSSR count). The Labute approximate surface area is 91.9 Å². The number of carbonyl (C=O) groups excluding carboxylic acids is 1. The summed E-state index contributed by atoms with van der Waals surface area (Å²) >= 11 is 0. The molecular formula is C11H22N2O2. The van der Waals surface area contributed by atoms with Gasteiger partial charge in [0.05, 0.1) is 0 Å². The highest BCUT2D eigenvalue weighted by Gasteiger charge is 2.28. The first kappa shape index (κ1) is 12.5. The summed E-state index contributed by atoms with van der Waals surface area (Å²) in [5.41, 5.74) is 0. The van der Waals surface area contributed by atoms with Gasteiger partial charge in [0, 0.05) is 38.2 Å². The molecule has 4 heteroatoms. The Morgan fingerprint density at radius 1 is 1.33 bits per heavy atom. The summed E-state index contributed by atoms with van der Waals surface area (Å²) in [5.74, 6) is 0.177. The lowest BCUT2D eigenvalue weighted by molar-refractivity contribution is -0.135. The maximum absolute atomic E-state index is 11.8. The van der Waals surface area contributed by atoms with Gasteiger partial charge >= 0.3 is 0 Å². The monoisotopic (exact) mass is 214 g/mol. The number of aliphatic hydroxyl groups excluding tert-OH is 1. The molecule has 88 valence electrons. The summed E-state index contributed by atoms with van der Waals surface area (Å²) in [5, 5.41) is 8.68. The molecule has 0 saturated carbocycles. The lowest BCUT2D eigenvalue weighted by atomic mass is 10.1. The number of aliphatic hydroxyl groups is 1. The predicted octanol–water partition coefficient (Wildman–Crippen LogP) is 0.310. The van der Waals surface area contributed by atoms with Crippen molar-refractivity contribution in [1.82, 2.24) is 9.80 Å². The zero-order valence-corrected chi connectivity index (χ0v) is 9.94. The van der Waals surface area contributed by atoms with Crippen LogP contribution in [0.3, 0.4) is 0 Å². The molecule has 15 heavy (non-hydrogen) atoms. The number of amides is 1. The Morgan fingerprint density at radius 3 is 2.33 bits per heavy atom. The van der Waals surface area contributed by atoms with Crippen LogP contribution in [-0.2, 0) is 4.79 Å². The van der Waals surface area contributed by atoms with Gasteiger partial charge in [-0.1, -0.05) is 0 Å². The zero-order chi connectivity index (χ0) is 11.4. The fourth-order valence-electron chi connectivity index (χ4n) is 2.00. The van der Waals surface area contributed by atoms with Crippen LogP contribution in [0.2, 0.25) is 0 Å². The predicted molar refractivity (Wildman–Crippen MR) is 59.6 cm³/mol. The van der Waals surface area contributed by atoms with E-state index in [2.05, 4.69) is 25.8 Å². The van der Waals surface area contributed by atoms with Crippen LogP contribution in [0.15, 0.2) is 0 Å². The van der Waals surface area contributed by atoms with E-state index >= 15 is 0 Å². The summed E-state index contributed by atoms with van der Waals surface area (Å²) < 4.78 is 0. The van der Waals surface area contributed by atoms with Crippen molar-refractivity contribution in [3.05, 3.63) is 0 Å². The molecule has 2 unspecified atom stereocenters. The second-order valence-corrected chi connectivity index (χ2v) is 4.49. The van der Waals surface area contributed by atoms with Crippen LogP contribution in [0.4, 0.5) is 0 Å². The van der Waals surface area contributed by atoms with Gasteiger partial charge in [-0.25, -0.2) is 0 Å². The number of hydrogen-bond acceptors (Lipinski definition) is 3. The standard InChI is InChI=1S/C11H22N2O2/c1-9-7-13(8-10(2)12(9)3)11(15)5-4-6-14/h9-10,14H,4-8H2,1-3H3. The van der Waals surface area contributed by atoms with E-state index in [0.717, 1.165) is 13.1 Å². The van der Waals surface area contributed by atoms with E-state index in [9.17, 15) is 4.79 Å². The molecule has 4 nitrogen and oxygen atoms in total. The molecular weight excluding hydrogens is 192 g/mol. The summed E-state index contributed by atoms with van der Waals surface area (Å²) in [4.78, 5) is 16.0. The minimum absolute atomic E-state index is 0.102. The van der Waals surface area contributed by atoms with Crippen LogP contribution in [0.25, 0.3) is 0 Å². The lowest BCUT2D eigenvalue weighted by Crippen LogP contribution is -2.56. The van der Waals surface area contributed by atoms with Crippen LogP contribution >= 0.6 is 0 Å². The number of likely N-dealkylation sites (N-methyl/N-ethyl adjacent to an activating group) is 1. The maximum Gasteiger partial charge on any atom is 0.222 e. The van der Waals surface area contributed by atoms with Crippen molar-refractivity contribution in [2.75, 3.05) is 26.7 Å². The van der Waals surface area contributed by atoms with E-state index < -0.39 is 0 Å². The quantitative estimate of drug-likeness (QED) is 0.735. The van der Waals surface area contributed by atoms with E-state index in [1.807, 2.05) is 4.90 Å². The van der Waals surface area contributed by atoms with Crippen molar-refractivity contribution in [2.45, 2.75) is 38.8 Å². The minimum Gasteiger partial charge on any atom is -0.396 e. The minimum atomic E-state index is 0.102. The number of carbonyl (C=O) groups is 1. The van der Waals surface area contributed by atoms with Crippen molar-refractivity contribution in [1.29, 1.82) is 0 Å². The Balaban J connectivity index is 2.46. The number of piperazine rings is 1. The van der Waals surface area contributed by atoms with E-state index in [4.69, 9.17) is 5.11 Å². The van der Waals surface area contributed by atoms with Gasteiger partial charge in [-0.05, 0) is 27.3 Å². The topological polar surface area (TPSA) is 43.8 Å². The SMILES string of the molecule is CC1CN(C(=O)CCCO)CC(C)N1C. The van der Waals surface area contributed by atoms with Gasteiger partial charge in [0.2, 0.25) is 5.91 Å². The third-order valence-electron chi connectivity index (χ3n) is 3.26. The van der Waals surface area contributed by atoms with E-state index in [1.165, 1.54) is 0 Å². The van der Waals surface area contributed by atoms with Gasteiger partial charge in [-0.2, -0.15) is 0 Å². The molecule has 1 aliphatic rings. The van der Waals surface area contributed by atoms with Gasteiger partial charge in [-0.15, -0.1) is 0 Å². The van der Waals surface area contributed by atoms with Crippen LogP contribution < -0.4 is 0 Å². The van der Waals surface area contributed by atoms with Crippen LogP contribution in [0, 0.1) is 0 Å². The third-order valence-corrected chi connectivity index (χ3v) is 3.26. The molecule has 1 heterocycles. The zero-order valence-electron chi connectivity index (χ0n) is 9.94. The van der Waals surface area contributed by atoms with Crippen molar-refractivity contribution < 1.29 is 9.90 Å². The molecule has 1 aliphatic heterocycles. The molecule has 0 bridgehead atoms. The first-order valence-electron chi connectivity index (χ1n) is 5.66. The average Bonchev–Trinajstić information content (AvgIpc) is 2.21. The Kier molecular flexibility index (Phi) is 4.54. The van der Waals surface area contributed by atoms with Gasteiger partial charge in [-0.3, -0.25) is 9.69 Å². The fraction of sp³-hybridized carbons (Fsp3) is 0.909. The lowest BCUT2D eigenvalue weighted by Gasteiger charge is -2.42. The molecule has 0 aliphatic carbocycles. The molecule has 0 spiro atoms. The molecule has 0 radical (unpaired) electrons. The molecule has 0 aromatic rings. The van der Waals surface area contributed by atoms with Crippen molar-refractivity contribution in [2.24, 2.45) is 0 Å². The number of hydrogen-bond donors (Lipinski definition) is 1. The summed E-state index contributed by atoms with van der Waals surface area (Å²) in [7, 11) is 2.10. The normalized spacial score (nSPS) is 28.1. The highest BCUT2D eigenvalue weighted by atomic mass is 16.3. The van der Waals surface area contributed by atoms with Crippen LogP contribution in [0.1, 0.15) is 26.7 Å². The number of rotatable bonds is 3. The summed E-state index contributed by atoms with van der Waals surface area (Å²) in [6, 6.07) is 0.846. The van der Waals surface area contributed by atoms with Gasteiger partial charge in [0.1, 0.15) is 0 Å². The highest BCUT2D eigenvalue weighted by Crippen LogP contribution is 2.14. The molecule has 1 saturated heterocycles. The van der Waals surface area contributed by atoms with E-state index in [1.54, 1.807) is 0 Å². The maximum atomic E-state index is 11.8. The van der Waals surface area contributed by atoms with E-state index in [-0.39, 0.29) is 12.5 Å². The first-order valence-corrected chi connectivity index (χ1v) is 5.66. The molecule has 2 atom stereocenters. The average molecular weight is 214 g/mol. The van der Waals surface area contributed by atoms with Gasteiger partial charge in [0.15, 0.2) is 0 Å². The van der Waals surface area contributed by atoms with Gasteiger partial charge in [0.25, 0.3) is 0 Å². The molecule has 1 amide bonds. The number of nitrogens with zero attached hydrogens (tertiary/aromatic N) is 2. The smallest absolute Gasteiger partial charge is 0.222 e. The molecule has 1 fully saturated rings.